The zero-order valence-electron chi connectivity index (χ0n) is 7.12. The van der Waals surface area contributed by atoms with Crippen LogP contribution in [0.4, 0.5) is 0 Å². The molecular weight excluding hydrogens is 230 g/mol. The van der Waals surface area contributed by atoms with E-state index < -0.39 is 0 Å². The fraction of sp³-hybridized carbons (Fsp3) is 0.200. The minimum Gasteiger partial charge on any atom is -0.267 e. The van der Waals surface area contributed by atoms with Crippen molar-refractivity contribution >= 4 is 27.5 Å². The predicted molar refractivity (Wildman–Crippen MR) is 56.1 cm³/mol. The van der Waals surface area contributed by atoms with Crippen molar-refractivity contribution in [2.24, 2.45) is 4.99 Å². The van der Waals surface area contributed by atoms with E-state index in [0.29, 0.717) is 0 Å². The van der Waals surface area contributed by atoms with Gasteiger partial charge in [-0.2, -0.15) is 0 Å². The fourth-order valence-electron chi connectivity index (χ4n) is 1.42. The number of hydrogen-bond acceptors (Lipinski definition) is 1. The van der Waals surface area contributed by atoms with Gasteiger partial charge in [-0.15, -0.1) is 0 Å². The van der Waals surface area contributed by atoms with Gasteiger partial charge in [0.25, 0.3) is 5.91 Å². The Morgan fingerprint density at radius 2 is 2.31 bits per heavy atom. The van der Waals surface area contributed by atoms with Crippen molar-refractivity contribution in [3.63, 3.8) is 0 Å². The first-order chi connectivity index (χ1) is 6.16. The van der Waals surface area contributed by atoms with Gasteiger partial charge in [0.1, 0.15) is 0 Å². The number of rotatable bonds is 0. The Labute approximate surface area is 84.9 Å². The van der Waals surface area contributed by atoms with E-state index in [1.54, 1.807) is 6.08 Å². The third-order valence-electron chi connectivity index (χ3n) is 2.04. The highest BCUT2D eigenvalue weighted by atomic mass is 79.9. The van der Waals surface area contributed by atoms with Crippen molar-refractivity contribution < 1.29 is 4.79 Å². The van der Waals surface area contributed by atoms with E-state index in [1.807, 2.05) is 19.1 Å². The van der Waals surface area contributed by atoms with Crippen LogP contribution in [0.5, 0.6) is 0 Å². The van der Waals surface area contributed by atoms with E-state index in [2.05, 4.69) is 27.0 Å². The van der Waals surface area contributed by atoms with Crippen LogP contribution < -0.4 is 0 Å². The first kappa shape index (κ1) is 8.63. The van der Waals surface area contributed by atoms with Crippen molar-refractivity contribution in [2.45, 2.75) is 11.8 Å². The minimum atomic E-state index is -0.165. The molecule has 0 aromatic carbocycles. The zero-order chi connectivity index (χ0) is 9.42. The van der Waals surface area contributed by atoms with Crippen LogP contribution in [0, 0.1) is 0 Å². The first-order valence-corrected chi connectivity index (χ1v) is 4.94. The molecule has 0 saturated carbocycles. The van der Waals surface area contributed by atoms with E-state index in [0.717, 1.165) is 16.9 Å². The number of alkyl halides is 1. The molecule has 1 aliphatic carbocycles. The molecule has 0 aromatic rings. The standard InChI is InChI=1S/C10H8BrNO/c1-6-4-10(13)12-9-3-2-7(11)5-8(6)9/h2-5,7H,1H3. The van der Waals surface area contributed by atoms with E-state index in [4.69, 9.17) is 0 Å². The summed E-state index contributed by atoms with van der Waals surface area (Å²) in [7, 11) is 0. The molecule has 1 unspecified atom stereocenters. The second-order valence-electron chi connectivity index (χ2n) is 3.05. The summed E-state index contributed by atoms with van der Waals surface area (Å²) in [6.45, 7) is 1.93. The summed E-state index contributed by atoms with van der Waals surface area (Å²) in [4.78, 5) is 15.2. The molecule has 0 radical (unpaired) electrons. The van der Waals surface area contributed by atoms with Gasteiger partial charge in [-0.3, -0.25) is 4.79 Å². The number of amides is 1. The molecule has 66 valence electrons. The Bertz CT molecular complexity index is 388. The van der Waals surface area contributed by atoms with Crippen LogP contribution in [0.15, 0.2) is 40.4 Å². The Hall–Kier alpha value is -0.960. The lowest BCUT2D eigenvalue weighted by molar-refractivity contribution is -0.113. The van der Waals surface area contributed by atoms with E-state index in [-0.39, 0.29) is 10.7 Å². The quantitative estimate of drug-likeness (QED) is 0.594. The van der Waals surface area contributed by atoms with Gasteiger partial charge in [0, 0.05) is 11.6 Å². The number of carbonyl (C=O) groups excluding carboxylic acids is 1. The number of allylic oxidation sites excluding steroid dienone is 5. The first-order valence-electron chi connectivity index (χ1n) is 4.02. The lowest BCUT2D eigenvalue weighted by Crippen LogP contribution is -2.15. The normalized spacial score (nSPS) is 26.2. The summed E-state index contributed by atoms with van der Waals surface area (Å²) in [5, 5.41) is 0. The second kappa shape index (κ2) is 3.07. The van der Waals surface area contributed by atoms with E-state index >= 15 is 0 Å². The highest BCUT2D eigenvalue weighted by Crippen LogP contribution is 2.23. The molecule has 0 saturated heterocycles. The van der Waals surface area contributed by atoms with Crippen LogP contribution in [-0.4, -0.2) is 16.4 Å². The van der Waals surface area contributed by atoms with Crippen LogP contribution in [0.1, 0.15) is 6.92 Å². The molecule has 1 atom stereocenters. The van der Waals surface area contributed by atoms with E-state index in [1.165, 1.54) is 0 Å². The summed E-state index contributed by atoms with van der Waals surface area (Å²) in [6.07, 6.45) is 7.46. The summed E-state index contributed by atoms with van der Waals surface area (Å²) < 4.78 is 0. The van der Waals surface area contributed by atoms with Crippen molar-refractivity contribution in [3.05, 3.63) is 35.5 Å². The maximum Gasteiger partial charge on any atom is 0.270 e. The van der Waals surface area contributed by atoms with Crippen LogP contribution in [0.25, 0.3) is 0 Å². The molecule has 0 bridgehead atoms. The number of hydrogen-bond donors (Lipinski definition) is 0. The van der Waals surface area contributed by atoms with Gasteiger partial charge in [-0.25, -0.2) is 4.99 Å². The van der Waals surface area contributed by atoms with Gasteiger partial charge in [0.15, 0.2) is 0 Å². The third-order valence-corrected chi connectivity index (χ3v) is 2.60. The smallest absolute Gasteiger partial charge is 0.267 e. The van der Waals surface area contributed by atoms with Gasteiger partial charge in [-0.1, -0.05) is 28.1 Å². The van der Waals surface area contributed by atoms with Crippen LogP contribution in [0.2, 0.25) is 0 Å². The molecule has 2 rings (SSSR count). The minimum absolute atomic E-state index is 0.165. The summed E-state index contributed by atoms with van der Waals surface area (Å²) in [5.41, 5.74) is 2.83. The Kier molecular flexibility index (Phi) is 2.04. The molecule has 2 nitrogen and oxygen atoms in total. The fourth-order valence-corrected chi connectivity index (χ4v) is 1.83. The molecule has 1 aliphatic heterocycles. The number of carbonyl (C=O) groups is 1. The van der Waals surface area contributed by atoms with Crippen LogP contribution in [0.3, 0.4) is 0 Å². The molecule has 0 spiro atoms. The van der Waals surface area contributed by atoms with Gasteiger partial charge in [0.05, 0.1) is 10.5 Å². The van der Waals surface area contributed by atoms with Gasteiger partial charge < -0.3 is 0 Å². The lowest BCUT2D eigenvalue weighted by atomic mass is 9.95. The van der Waals surface area contributed by atoms with Gasteiger partial charge in [-0.05, 0) is 18.6 Å². The highest BCUT2D eigenvalue weighted by Gasteiger charge is 2.18. The van der Waals surface area contributed by atoms with Crippen LogP contribution in [-0.2, 0) is 4.79 Å². The number of aliphatic imine (C=N–C) groups is 1. The average Bonchev–Trinajstić information content (AvgIpc) is 2.06. The zero-order valence-corrected chi connectivity index (χ0v) is 8.71. The van der Waals surface area contributed by atoms with Crippen molar-refractivity contribution in [2.75, 3.05) is 0 Å². The van der Waals surface area contributed by atoms with Gasteiger partial charge in [0.2, 0.25) is 0 Å². The lowest BCUT2D eigenvalue weighted by Gasteiger charge is -2.16. The van der Waals surface area contributed by atoms with Crippen LogP contribution >= 0.6 is 15.9 Å². The molecule has 0 fully saturated rings. The Balaban J connectivity index is 2.48. The maximum absolute atomic E-state index is 11.1. The second-order valence-corrected chi connectivity index (χ2v) is 4.10. The maximum atomic E-state index is 11.1. The molecule has 1 amide bonds. The molecule has 3 heteroatoms. The van der Waals surface area contributed by atoms with Crippen molar-refractivity contribution in [3.8, 4) is 0 Å². The number of dihydropyridines is 1. The molecule has 2 aliphatic rings. The topological polar surface area (TPSA) is 29.4 Å². The molecule has 13 heavy (non-hydrogen) atoms. The predicted octanol–water partition coefficient (Wildman–Crippen LogP) is 2.17. The number of fused-ring (bicyclic) bond motifs is 1. The molecular formula is C10H8BrNO. The summed E-state index contributed by atoms with van der Waals surface area (Å²) >= 11 is 3.46. The monoisotopic (exact) mass is 237 g/mol. The molecule has 0 N–H and O–H groups in total. The Morgan fingerprint density at radius 3 is 3.08 bits per heavy atom. The Morgan fingerprint density at radius 1 is 1.54 bits per heavy atom. The van der Waals surface area contributed by atoms with E-state index in [9.17, 15) is 4.79 Å². The highest BCUT2D eigenvalue weighted by molar-refractivity contribution is 9.09. The molecule has 1 heterocycles. The van der Waals surface area contributed by atoms with Gasteiger partial charge >= 0.3 is 0 Å². The third kappa shape index (κ3) is 1.56. The number of halogens is 1. The van der Waals surface area contributed by atoms with Crippen molar-refractivity contribution in [1.82, 2.24) is 0 Å². The molecule has 0 aromatic heterocycles. The summed E-state index contributed by atoms with van der Waals surface area (Å²) in [6, 6.07) is 0. The van der Waals surface area contributed by atoms with Crippen molar-refractivity contribution in [1.29, 1.82) is 0 Å². The summed E-state index contributed by atoms with van der Waals surface area (Å²) in [5.74, 6) is -0.165. The SMILES string of the molecule is CC1=CC(=O)N=C2C=CC(Br)C=C12. The average molecular weight is 238 g/mol. The largest absolute Gasteiger partial charge is 0.270 e. The number of nitrogens with zero attached hydrogens (tertiary/aromatic N) is 1.